The number of hydrogen-bond donors (Lipinski definition) is 2. The highest BCUT2D eigenvalue weighted by molar-refractivity contribution is 6.04. The Labute approximate surface area is 124 Å². The summed E-state index contributed by atoms with van der Waals surface area (Å²) in [4.78, 5) is 12.4. The summed E-state index contributed by atoms with van der Waals surface area (Å²) in [6, 6.07) is 8.15. The average Bonchev–Trinajstić information content (AvgIpc) is 3.15. The van der Waals surface area contributed by atoms with Crippen molar-refractivity contribution in [1.29, 1.82) is 0 Å². The van der Waals surface area contributed by atoms with Crippen molar-refractivity contribution in [2.45, 2.75) is 44.6 Å². The fraction of sp³-hybridized carbons (Fsp3) is 0.529. The lowest BCUT2D eigenvalue weighted by molar-refractivity contribution is 0.0943. The van der Waals surface area contributed by atoms with Gasteiger partial charge in [0.25, 0.3) is 5.91 Å². The molecule has 1 amide bonds. The van der Waals surface area contributed by atoms with Gasteiger partial charge < -0.3 is 5.32 Å². The second-order valence-electron chi connectivity index (χ2n) is 6.50. The lowest BCUT2D eigenvalue weighted by Crippen LogP contribution is -2.28. The van der Waals surface area contributed by atoms with Gasteiger partial charge in [0.05, 0.1) is 5.52 Å². The van der Waals surface area contributed by atoms with E-state index in [9.17, 15) is 4.79 Å². The molecule has 0 radical (unpaired) electrons. The number of para-hydroxylation sites is 1. The monoisotopic (exact) mass is 283 g/mol. The van der Waals surface area contributed by atoms with Crippen molar-refractivity contribution in [3.05, 3.63) is 30.0 Å². The minimum Gasteiger partial charge on any atom is -0.348 e. The molecule has 2 N–H and O–H groups in total. The molecule has 2 aromatic rings. The number of carbonyl (C=O) groups excluding carboxylic acids is 1. The Kier molecular flexibility index (Phi) is 3.17. The first-order chi connectivity index (χ1) is 10.3. The second-order valence-corrected chi connectivity index (χ2v) is 6.50. The summed E-state index contributed by atoms with van der Waals surface area (Å²) in [6.07, 6.45) is 7.97. The Morgan fingerprint density at radius 1 is 1.19 bits per heavy atom. The van der Waals surface area contributed by atoms with E-state index >= 15 is 0 Å². The van der Waals surface area contributed by atoms with Crippen molar-refractivity contribution in [3.8, 4) is 0 Å². The van der Waals surface area contributed by atoms with Gasteiger partial charge >= 0.3 is 0 Å². The number of rotatable bonds is 3. The van der Waals surface area contributed by atoms with Crippen molar-refractivity contribution in [2.75, 3.05) is 0 Å². The van der Waals surface area contributed by atoms with Crippen molar-refractivity contribution in [2.24, 2.45) is 11.8 Å². The van der Waals surface area contributed by atoms with Crippen LogP contribution in [0.5, 0.6) is 0 Å². The van der Waals surface area contributed by atoms with E-state index in [2.05, 4.69) is 15.5 Å². The van der Waals surface area contributed by atoms with Crippen LogP contribution in [0.3, 0.4) is 0 Å². The molecule has 0 bridgehead atoms. The first kappa shape index (κ1) is 12.9. The van der Waals surface area contributed by atoms with E-state index < -0.39 is 0 Å². The lowest BCUT2D eigenvalue weighted by Gasteiger charge is -2.21. The van der Waals surface area contributed by atoms with Crippen LogP contribution in [0.4, 0.5) is 0 Å². The summed E-state index contributed by atoms with van der Waals surface area (Å²) in [5, 5.41) is 11.2. The molecule has 4 heteroatoms. The summed E-state index contributed by atoms with van der Waals surface area (Å²) in [5.41, 5.74) is 1.45. The van der Waals surface area contributed by atoms with Gasteiger partial charge in [-0.2, -0.15) is 5.10 Å². The van der Waals surface area contributed by atoms with Crippen LogP contribution in [0.25, 0.3) is 10.9 Å². The van der Waals surface area contributed by atoms with Crippen LogP contribution in [-0.2, 0) is 0 Å². The smallest absolute Gasteiger partial charge is 0.272 e. The molecule has 0 unspecified atom stereocenters. The van der Waals surface area contributed by atoms with Gasteiger partial charge in [-0.1, -0.05) is 50.3 Å². The third-order valence-corrected chi connectivity index (χ3v) is 5.10. The molecule has 1 aromatic carbocycles. The Balaban J connectivity index is 1.42. The fourth-order valence-electron chi connectivity index (χ4n) is 3.84. The molecular weight excluding hydrogens is 262 g/mol. The van der Waals surface area contributed by atoms with Crippen molar-refractivity contribution in [1.82, 2.24) is 15.5 Å². The van der Waals surface area contributed by atoms with Crippen molar-refractivity contribution in [3.63, 3.8) is 0 Å². The molecule has 110 valence electrons. The maximum absolute atomic E-state index is 12.4. The van der Waals surface area contributed by atoms with Gasteiger partial charge in [-0.25, -0.2) is 0 Å². The Morgan fingerprint density at radius 3 is 2.86 bits per heavy atom. The molecule has 0 saturated heterocycles. The predicted molar refractivity (Wildman–Crippen MR) is 82.0 cm³/mol. The van der Waals surface area contributed by atoms with Gasteiger partial charge in [0.2, 0.25) is 0 Å². The molecule has 2 atom stereocenters. The Hall–Kier alpha value is -1.84. The highest BCUT2D eigenvalue weighted by atomic mass is 16.2. The van der Waals surface area contributed by atoms with E-state index in [1.807, 2.05) is 24.3 Å². The van der Waals surface area contributed by atoms with Crippen LogP contribution in [0.1, 0.15) is 49.0 Å². The molecule has 1 aromatic heterocycles. The third kappa shape index (κ3) is 2.43. The molecule has 2 saturated carbocycles. The molecule has 21 heavy (non-hydrogen) atoms. The largest absolute Gasteiger partial charge is 0.348 e. The molecule has 2 fully saturated rings. The maximum atomic E-state index is 12.4. The van der Waals surface area contributed by atoms with Gasteiger partial charge in [0, 0.05) is 11.4 Å². The van der Waals surface area contributed by atoms with Gasteiger partial charge in [0.15, 0.2) is 5.69 Å². The predicted octanol–water partition coefficient (Wildman–Crippen LogP) is 3.26. The minimum atomic E-state index is -0.0317. The lowest BCUT2D eigenvalue weighted by atomic mass is 9.85. The van der Waals surface area contributed by atoms with Gasteiger partial charge in [-0.05, 0) is 24.3 Å². The fourth-order valence-corrected chi connectivity index (χ4v) is 3.84. The maximum Gasteiger partial charge on any atom is 0.272 e. The summed E-state index contributed by atoms with van der Waals surface area (Å²) in [5.74, 6) is 1.51. The third-order valence-electron chi connectivity index (χ3n) is 5.10. The molecule has 0 aliphatic heterocycles. The normalized spacial score (nSPS) is 25.9. The summed E-state index contributed by atoms with van der Waals surface area (Å²) < 4.78 is 0. The Bertz CT molecular complexity index is 657. The van der Waals surface area contributed by atoms with Crippen LogP contribution in [0.15, 0.2) is 24.3 Å². The molecular formula is C17H21N3O. The summed E-state index contributed by atoms with van der Waals surface area (Å²) >= 11 is 0. The number of H-pyrrole nitrogens is 1. The van der Waals surface area contributed by atoms with E-state index in [4.69, 9.17) is 0 Å². The van der Waals surface area contributed by atoms with Crippen molar-refractivity contribution >= 4 is 16.8 Å². The highest BCUT2D eigenvalue weighted by Crippen LogP contribution is 2.44. The van der Waals surface area contributed by atoms with Crippen LogP contribution in [0, 0.1) is 11.8 Å². The van der Waals surface area contributed by atoms with Gasteiger partial charge in [0.1, 0.15) is 0 Å². The number of fused-ring (bicyclic) bond motifs is 1. The number of carbonyl (C=O) groups is 1. The van der Waals surface area contributed by atoms with E-state index in [1.165, 1.54) is 32.1 Å². The molecule has 4 nitrogen and oxygen atoms in total. The summed E-state index contributed by atoms with van der Waals surface area (Å²) in [6.45, 7) is 0. The number of nitrogens with zero attached hydrogens (tertiary/aromatic N) is 1. The van der Waals surface area contributed by atoms with Gasteiger partial charge in [-0.15, -0.1) is 0 Å². The molecule has 0 spiro atoms. The van der Waals surface area contributed by atoms with Gasteiger partial charge in [-0.3, -0.25) is 9.89 Å². The van der Waals surface area contributed by atoms with E-state index in [1.54, 1.807) is 0 Å². The zero-order chi connectivity index (χ0) is 14.2. The zero-order valence-electron chi connectivity index (χ0n) is 12.1. The minimum absolute atomic E-state index is 0.0317. The topological polar surface area (TPSA) is 57.8 Å². The highest BCUT2D eigenvalue weighted by Gasteiger charge is 2.44. The second kappa shape index (κ2) is 5.17. The summed E-state index contributed by atoms with van der Waals surface area (Å²) in [7, 11) is 0. The SMILES string of the molecule is O=C(N[C@@H]1C[C@H]1C1CCCCC1)c1n[nH]c2ccccc12. The molecule has 4 rings (SSSR count). The number of aromatic nitrogens is 2. The number of hydrogen-bond acceptors (Lipinski definition) is 2. The first-order valence-electron chi connectivity index (χ1n) is 8.07. The zero-order valence-corrected chi connectivity index (χ0v) is 12.1. The Morgan fingerprint density at radius 2 is 2.00 bits per heavy atom. The number of amides is 1. The van der Waals surface area contributed by atoms with Crippen LogP contribution >= 0.6 is 0 Å². The number of nitrogens with one attached hydrogen (secondary N) is 2. The van der Waals surface area contributed by atoms with E-state index in [-0.39, 0.29) is 5.91 Å². The number of aromatic amines is 1. The number of benzene rings is 1. The van der Waals surface area contributed by atoms with E-state index in [0.29, 0.717) is 17.7 Å². The molecule has 1 heterocycles. The average molecular weight is 283 g/mol. The van der Waals surface area contributed by atoms with Crippen LogP contribution < -0.4 is 5.32 Å². The van der Waals surface area contributed by atoms with Crippen molar-refractivity contribution < 1.29 is 4.79 Å². The molecule has 2 aliphatic rings. The van der Waals surface area contributed by atoms with Crippen LogP contribution in [0.2, 0.25) is 0 Å². The van der Waals surface area contributed by atoms with Crippen LogP contribution in [-0.4, -0.2) is 22.1 Å². The first-order valence-corrected chi connectivity index (χ1v) is 8.07. The molecule has 2 aliphatic carbocycles. The van der Waals surface area contributed by atoms with E-state index in [0.717, 1.165) is 23.2 Å². The quantitative estimate of drug-likeness (QED) is 0.908. The standard InChI is InChI=1S/C17H21N3O/c21-17(16-12-8-4-5-9-14(12)19-20-16)18-15-10-13(15)11-6-2-1-3-7-11/h4-5,8-9,11,13,15H,1-3,6-7,10H2,(H,18,21)(H,19,20)/t13-,15+/m0/s1.